The fourth-order valence-electron chi connectivity index (χ4n) is 8.09. The third-order valence-electron chi connectivity index (χ3n) is 11.4. The van der Waals surface area contributed by atoms with Gasteiger partial charge in [0.15, 0.2) is 0 Å². The second kappa shape index (κ2) is 25.0. The topological polar surface area (TPSA) is 8.17 Å². The van der Waals surface area contributed by atoms with Gasteiger partial charge >= 0.3 is 0 Å². The van der Waals surface area contributed by atoms with Gasteiger partial charge in [0.1, 0.15) is 0 Å². The van der Waals surface area contributed by atoms with E-state index in [1.165, 1.54) is 44.4 Å². The van der Waals surface area contributed by atoms with Gasteiger partial charge < -0.3 is 9.47 Å². The van der Waals surface area contributed by atoms with Crippen molar-refractivity contribution in [3.05, 3.63) is 294 Å². The van der Waals surface area contributed by atoms with Gasteiger partial charge in [0.25, 0.3) is 0 Å². The predicted octanol–water partition coefficient (Wildman–Crippen LogP) is 17.7. The molecule has 0 radical (unpaired) electrons. The van der Waals surface area contributed by atoms with Crippen LogP contribution in [0.5, 0.6) is 0 Å². The summed E-state index contributed by atoms with van der Waals surface area (Å²) in [5.41, 5.74) is 16.0. The van der Waals surface area contributed by atoms with Crippen LogP contribution in [0.1, 0.15) is 57.9 Å². The van der Waals surface area contributed by atoms with Gasteiger partial charge in [-0.15, -0.1) is 0 Å². The molecule has 1 heterocycles. The predicted molar refractivity (Wildman–Crippen MR) is 291 cm³/mol. The third kappa shape index (κ3) is 12.7. The number of fused-ring (bicyclic) bond motifs is 1. The third-order valence-corrected chi connectivity index (χ3v) is 11.4. The highest BCUT2D eigenvalue weighted by Crippen LogP contribution is 2.38. The highest BCUT2D eigenvalue weighted by molar-refractivity contribution is 5.99. The first kappa shape index (κ1) is 47.8. The van der Waals surface area contributed by atoms with Crippen LogP contribution < -0.4 is 4.90 Å². The molecule has 5 aromatic rings. The molecule has 0 aliphatic heterocycles. The van der Waals surface area contributed by atoms with Crippen molar-refractivity contribution in [3.8, 4) is 16.8 Å². The van der Waals surface area contributed by atoms with Crippen LogP contribution in [-0.4, -0.2) is 4.57 Å². The molecule has 6 rings (SSSR count). The van der Waals surface area contributed by atoms with Crippen LogP contribution >= 0.6 is 0 Å². The fourth-order valence-corrected chi connectivity index (χ4v) is 8.09. The minimum absolute atomic E-state index is 0.789. The molecule has 1 aliphatic carbocycles. The normalized spacial score (nSPS) is 18.0. The summed E-state index contributed by atoms with van der Waals surface area (Å²) in [6, 6.07) is 36.8. The van der Waals surface area contributed by atoms with Gasteiger partial charge in [-0.05, 0) is 142 Å². The molecule has 0 amide bonds. The number of hydrogen-bond donors (Lipinski definition) is 0. The minimum atomic E-state index is 0.789. The van der Waals surface area contributed by atoms with Crippen molar-refractivity contribution in [2.45, 2.75) is 54.4 Å². The summed E-state index contributed by atoms with van der Waals surface area (Å²) in [6.07, 6.45) is 50.9. The molecule has 0 N–H and O–H groups in total. The quantitative estimate of drug-likeness (QED) is 0.101. The maximum absolute atomic E-state index is 4.47. The van der Waals surface area contributed by atoms with Crippen LogP contribution in [0, 0.1) is 6.92 Å². The fraction of sp³-hybridized carbons (Fsp3) is 0.125. The molecule has 2 nitrogen and oxygen atoms in total. The van der Waals surface area contributed by atoms with Crippen molar-refractivity contribution in [3.63, 3.8) is 0 Å². The summed E-state index contributed by atoms with van der Waals surface area (Å²) < 4.78 is 2.42. The van der Waals surface area contributed by atoms with Gasteiger partial charge in [-0.1, -0.05) is 206 Å². The molecule has 1 aromatic heterocycles. The molecule has 0 fully saturated rings. The van der Waals surface area contributed by atoms with E-state index in [1.54, 1.807) is 0 Å². The number of hydrogen-bond acceptors (Lipinski definition) is 1. The van der Waals surface area contributed by atoms with Gasteiger partial charge in [0.2, 0.25) is 0 Å². The average Bonchev–Trinajstić information content (AvgIpc) is 3.63. The van der Waals surface area contributed by atoms with E-state index in [4.69, 9.17) is 0 Å². The van der Waals surface area contributed by atoms with E-state index in [0.717, 1.165) is 52.3 Å². The average molecular weight is 861 g/mol. The van der Waals surface area contributed by atoms with E-state index in [9.17, 15) is 0 Å². The Bertz CT molecular complexity index is 2880. The molecule has 0 bridgehead atoms. The molecule has 0 atom stereocenters. The highest BCUT2D eigenvalue weighted by atomic mass is 15.1. The summed E-state index contributed by atoms with van der Waals surface area (Å²) >= 11 is 0. The number of para-hydroxylation sites is 1. The molecule has 1 aliphatic rings. The largest absolute Gasteiger partial charge is 0.314 e. The summed E-state index contributed by atoms with van der Waals surface area (Å²) in [6.45, 7) is 17.3. The molecule has 330 valence electrons. The van der Waals surface area contributed by atoms with Gasteiger partial charge in [-0.25, -0.2) is 0 Å². The Hall–Kier alpha value is -7.68. The maximum atomic E-state index is 4.47. The Morgan fingerprint density at radius 3 is 1.97 bits per heavy atom. The van der Waals surface area contributed by atoms with Gasteiger partial charge in [-0.2, -0.15) is 0 Å². The number of anilines is 1. The van der Waals surface area contributed by atoms with E-state index >= 15 is 0 Å². The summed E-state index contributed by atoms with van der Waals surface area (Å²) in [4.78, 5) is 2.31. The SMILES string of the molecule is C=C/C(=C\C(=C/C)c1cccc2c1c(C/C=C(\C=C/C)C/C=C\C=C/C)c(C)n2-c1ccccc1)N(C1=C/C=C/C=C/C=C(C)/C=C\C=C/C(C)=C/C=C1)c1ccc(-c2ccccc2)cc1. The molecule has 0 unspecified atom stereocenters. The molecule has 0 saturated heterocycles. The van der Waals surface area contributed by atoms with Crippen molar-refractivity contribution in [2.24, 2.45) is 0 Å². The van der Waals surface area contributed by atoms with Crippen LogP contribution in [0.2, 0.25) is 0 Å². The molecule has 0 spiro atoms. The van der Waals surface area contributed by atoms with E-state index in [-0.39, 0.29) is 0 Å². The molecule has 0 saturated carbocycles. The van der Waals surface area contributed by atoms with Crippen LogP contribution in [0.3, 0.4) is 0 Å². The Balaban J connectivity index is 1.56. The number of rotatable bonds is 14. The van der Waals surface area contributed by atoms with Crippen molar-refractivity contribution in [2.75, 3.05) is 4.90 Å². The lowest BCUT2D eigenvalue weighted by atomic mass is 9.95. The summed E-state index contributed by atoms with van der Waals surface area (Å²) in [5.74, 6) is 0. The lowest BCUT2D eigenvalue weighted by Gasteiger charge is -2.28. The zero-order valence-corrected chi connectivity index (χ0v) is 39.6. The Morgan fingerprint density at radius 2 is 1.30 bits per heavy atom. The van der Waals surface area contributed by atoms with Crippen molar-refractivity contribution >= 4 is 22.2 Å². The Labute approximate surface area is 395 Å². The Kier molecular flexibility index (Phi) is 18.1. The van der Waals surface area contributed by atoms with Gasteiger partial charge in [0, 0.05) is 33.8 Å². The first-order valence-electron chi connectivity index (χ1n) is 23.0. The first-order valence-corrected chi connectivity index (χ1v) is 23.0. The van der Waals surface area contributed by atoms with Crippen LogP contribution in [0.4, 0.5) is 5.69 Å². The van der Waals surface area contributed by atoms with Crippen molar-refractivity contribution < 1.29 is 0 Å². The monoisotopic (exact) mass is 861 g/mol. The molecule has 2 heteroatoms. The molecule has 66 heavy (non-hydrogen) atoms. The molecular weight excluding hydrogens is 797 g/mol. The van der Waals surface area contributed by atoms with Crippen LogP contribution in [0.25, 0.3) is 33.3 Å². The van der Waals surface area contributed by atoms with Gasteiger partial charge in [0.05, 0.1) is 5.52 Å². The minimum Gasteiger partial charge on any atom is -0.314 e. The van der Waals surface area contributed by atoms with E-state index in [2.05, 4.69) is 287 Å². The summed E-state index contributed by atoms with van der Waals surface area (Å²) in [7, 11) is 0. The van der Waals surface area contributed by atoms with E-state index in [1.807, 2.05) is 13.0 Å². The molecule has 4 aromatic carbocycles. The lowest BCUT2D eigenvalue weighted by molar-refractivity contribution is 1.02. The van der Waals surface area contributed by atoms with E-state index in [0.29, 0.717) is 0 Å². The number of nitrogens with zero attached hydrogens (tertiary/aromatic N) is 2. The smallest absolute Gasteiger partial charge is 0.0540 e. The van der Waals surface area contributed by atoms with Crippen molar-refractivity contribution in [1.82, 2.24) is 4.57 Å². The number of allylic oxidation sites excluding steroid dienone is 27. The lowest BCUT2D eigenvalue weighted by Crippen LogP contribution is -2.20. The first-order chi connectivity index (χ1) is 32.4. The number of benzene rings is 4. The molecular formula is C64H64N2. The highest BCUT2D eigenvalue weighted by Gasteiger charge is 2.20. The zero-order chi connectivity index (χ0) is 46.5. The zero-order valence-electron chi connectivity index (χ0n) is 39.6. The second-order valence-corrected chi connectivity index (χ2v) is 16.1. The van der Waals surface area contributed by atoms with Crippen molar-refractivity contribution in [1.29, 1.82) is 0 Å². The Morgan fingerprint density at radius 1 is 0.636 bits per heavy atom. The van der Waals surface area contributed by atoms with Crippen LogP contribution in [0.15, 0.2) is 278 Å². The number of aromatic nitrogens is 1. The summed E-state index contributed by atoms with van der Waals surface area (Å²) in [5, 5.41) is 1.25. The van der Waals surface area contributed by atoms with E-state index < -0.39 is 0 Å². The van der Waals surface area contributed by atoms with Gasteiger partial charge in [-0.3, -0.25) is 0 Å². The van der Waals surface area contributed by atoms with Crippen LogP contribution in [-0.2, 0) is 6.42 Å². The second-order valence-electron chi connectivity index (χ2n) is 16.1. The maximum Gasteiger partial charge on any atom is 0.0540 e. The standard InChI is InChI=1S/C64H64N2/c1-8-12-13-19-34-53(29-9-2)43-48-61-52(7)65(58-37-23-17-24-38-58)63-42-28-41-62(64(61)63)54(10-3)49-57(11-4)66(60-46-44-56(45-47-60)55-35-20-16-21-36-55)59-39-22-15-14-18-30-50(5)31-25-26-32-51(6)33-27-40-59/h8-33,35-47,49H,4,34,48H2,1-3,5-7H3/b12-8-,15-14?,18-14+,19-13-,22-15+,26-25?,29-9-,30-18?,31-25-,32-26-,33-27?,39-22?,40-27?,50-30+,50-31?,51-32?,51-33+,53-43+,54-10+,57-49+,59-39?,59-40?.